The number of oxazole rings is 1. The molecule has 0 spiro atoms. The Morgan fingerprint density at radius 3 is 2.50 bits per heavy atom. The van der Waals surface area contributed by atoms with E-state index in [1.54, 1.807) is 0 Å². The normalized spacial score (nSPS) is 11.4. The molecule has 2 aromatic carbocycles. The number of hydrogen-bond acceptors (Lipinski definition) is 3. The van der Waals surface area contributed by atoms with Crippen molar-refractivity contribution in [3.63, 3.8) is 0 Å². The summed E-state index contributed by atoms with van der Waals surface area (Å²) in [5, 5.41) is 0. The van der Waals surface area contributed by atoms with Gasteiger partial charge in [-0.3, -0.25) is 0 Å². The minimum absolute atomic E-state index is 0.451. The van der Waals surface area contributed by atoms with Crippen molar-refractivity contribution < 1.29 is 4.42 Å². The van der Waals surface area contributed by atoms with Crippen LogP contribution in [-0.2, 0) is 0 Å². The third-order valence-corrected chi connectivity index (χ3v) is 3.88. The summed E-state index contributed by atoms with van der Waals surface area (Å²) in [5.41, 5.74) is 10.2. The molecule has 1 aromatic heterocycles. The molecule has 102 valence electrons. The van der Waals surface area contributed by atoms with Crippen LogP contribution in [0.4, 0.5) is 5.69 Å². The number of anilines is 1. The summed E-state index contributed by atoms with van der Waals surface area (Å²) in [7, 11) is 0. The summed E-state index contributed by atoms with van der Waals surface area (Å²) in [6.45, 7) is 4.32. The second-order valence-corrected chi connectivity index (χ2v) is 6.00. The van der Waals surface area contributed by atoms with Crippen molar-refractivity contribution in [3.8, 4) is 11.5 Å². The van der Waals surface area contributed by atoms with E-state index >= 15 is 0 Å². The zero-order valence-electron chi connectivity index (χ0n) is 11.4. The Kier molecular flexibility index (Phi) is 3.26. The number of nitrogens with two attached hydrogens (primary N) is 1. The molecule has 0 saturated carbocycles. The van der Waals surface area contributed by atoms with Crippen molar-refractivity contribution in [1.82, 2.24) is 4.98 Å². The zero-order valence-corrected chi connectivity index (χ0v) is 12.9. The molecule has 3 rings (SSSR count). The summed E-state index contributed by atoms with van der Waals surface area (Å²) in [6, 6.07) is 11.7. The van der Waals surface area contributed by atoms with Crippen LogP contribution < -0.4 is 5.73 Å². The van der Waals surface area contributed by atoms with Gasteiger partial charge in [0.25, 0.3) is 0 Å². The van der Waals surface area contributed by atoms with Gasteiger partial charge in [0.2, 0.25) is 5.89 Å². The molecule has 0 radical (unpaired) electrons. The van der Waals surface area contributed by atoms with Gasteiger partial charge < -0.3 is 10.2 Å². The maximum absolute atomic E-state index is 5.86. The number of nitrogens with zero attached hydrogens (tertiary/aromatic N) is 1. The lowest BCUT2D eigenvalue weighted by Crippen LogP contribution is -1.87. The van der Waals surface area contributed by atoms with Gasteiger partial charge in [-0.2, -0.15) is 0 Å². The van der Waals surface area contributed by atoms with E-state index in [9.17, 15) is 0 Å². The third kappa shape index (κ3) is 2.31. The van der Waals surface area contributed by atoms with Crippen LogP contribution in [0.3, 0.4) is 0 Å². The van der Waals surface area contributed by atoms with Crippen LogP contribution in [0.1, 0.15) is 25.3 Å². The number of halogens is 1. The highest BCUT2D eigenvalue weighted by atomic mass is 79.9. The minimum Gasteiger partial charge on any atom is -0.435 e. The van der Waals surface area contributed by atoms with Gasteiger partial charge in [0.05, 0.1) is 4.47 Å². The highest BCUT2D eigenvalue weighted by Crippen LogP contribution is 2.32. The van der Waals surface area contributed by atoms with Gasteiger partial charge in [0, 0.05) is 11.3 Å². The van der Waals surface area contributed by atoms with Gasteiger partial charge in [-0.15, -0.1) is 0 Å². The zero-order chi connectivity index (χ0) is 14.3. The lowest BCUT2D eigenvalue weighted by atomic mass is 10.0. The predicted molar refractivity (Wildman–Crippen MR) is 85.6 cm³/mol. The Labute approximate surface area is 125 Å². The van der Waals surface area contributed by atoms with Crippen LogP contribution in [0.15, 0.2) is 45.3 Å². The Morgan fingerprint density at radius 2 is 1.85 bits per heavy atom. The predicted octanol–water partition coefficient (Wildman–Crippen LogP) is 4.96. The first-order valence-corrected chi connectivity index (χ1v) is 7.30. The molecule has 3 aromatic rings. The maximum atomic E-state index is 5.86. The largest absolute Gasteiger partial charge is 0.435 e. The Bertz CT molecular complexity index is 760. The average Bonchev–Trinajstić information content (AvgIpc) is 2.84. The molecule has 0 unspecified atom stereocenters. The molecule has 1 heterocycles. The Morgan fingerprint density at radius 1 is 1.15 bits per heavy atom. The summed E-state index contributed by atoms with van der Waals surface area (Å²) in [5.74, 6) is 1.06. The average molecular weight is 331 g/mol. The van der Waals surface area contributed by atoms with Crippen molar-refractivity contribution in [1.29, 1.82) is 0 Å². The fourth-order valence-electron chi connectivity index (χ4n) is 2.09. The third-order valence-electron chi connectivity index (χ3n) is 3.29. The van der Waals surface area contributed by atoms with Gasteiger partial charge in [0.1, 0.15) is 5.52 Å². The van der Waals surface area contributed by atoms with Crippen LogP contribution in [0.5, 0.6) is 0 Å². The first-order valence-electron chi connectivity index (χ1n) is 6.50. The number of aromatic nitrogens is 1. The number of hydrogen-bond donors (Lipinski definition) is 1. The van der Waals surface area contributed by atoms with Gasteiger partial charge in [-0.25, -0.2) is 4.98 Å². The van der Waals surface area contributed by atoms with Gasteiger partial charge in [-0.05, 0) is 63.8 Å². The first-order chi connectivity index (χ1) is 9.54. The highest BCUT2D eigenvalue weighted by molar-refractivity contribution is 9.10. The van der Waals surface area contributed by atoms with Crippen LogP contribution in [-0.4, -0.2) is 4.98 Å². The number of nitrogen functional groups attached to an aromatic ring is 1. The van der Waals surface area contributed by atoms with Gasteiger partial charge in [-0.1, -0.05) is 13.8 Å². The smallest absolute Gasteiger partial charge is 0.227 e. The van der Waals surface area contributed by atoms with Gasteiger partial charge in [0.15, 0.2) is 5.58 Å². The fraction of sp³-hybridized carbons (Fsp3) is 0.188. The first kappa shape index (κ1) is 13.2. The lowest BCUT2D eigenvalue weighted by Gasteiger charge is -2.04. The molecule has 0 fully saturated rings. The van der Waals surface area contributed by atoms with E-state index < -0.39 is 0 Å². The Balaban J connectivity index is 2.15. The molecule has 20 heavy (non-hydrogen) atoms. The number of rotatable bonds is 2. The summed E-state index contributed by atoms with van der Waals surface area (Å²) in [6.07, 6.45) is 0. The van der Waals surface area contributed by atoms with Crippen LogP contribution in [0.25, 0.3) is 22.6 Å². The molecular weight excluding hydrogens is 316 g/mol. The molecule has 0 aliphatic heterocycles. The lowest BCUT2D eigenvalue weighted by molar-refractivity contribution is 0.618. The highest BCUT2D eigenvalue weighted by Gasteiger charge is 2.13. The Hall–Kier alpha value is -1.81. The summed E-state index contributed by atoms with van der Waals surface area (Å²) in [4.78, 5) is 4.58. The van der Waals surface area contributed by atoms with E-state index in [-0.39, 0.29) is 0 Å². The molecule has 4 heteroatoms. The number of fused-ring (bicyclic) bond motifs is 1. The molecule has 0 aliphatic carbocycles. The van der Waals surface area contributed by atoms with Crippen molar-refractivity contribution >= 4 is 32.7 Å². The second-order valence-electron chi connectivity index (χ2n) is 5.15. The number of benzene rings is 2. The molecular formula is C16H15BrN2O. The fourth-order valence-corrected chi connectivity index (χ4v) is 2.64. The summed E-state index contributed by atoms with van der Waals surface area (Å²) >= 11 is 3.56. The van der Waals surface area contributed by atoms with E-state index in [1.165, 1.54) is 5.56 Å². The van der Waals surface area contributed by atoms with E-state index in [0.29, 0.717) is 11.8 Å². The molecule has 0 saturated heterocycles. The van der Waals surface area contributed by atoms with Crippen molar-refractivity contribution in [2.24, 2.45) is 0 Å². The van der Waals surface area contributed by atoms with Crippen molar-refractivity contribution in [2.75, 3.05) is 5.73 Å². The molecule has 0 atom stereocenters. The van der Waals surface area contributed by atoms with E-state index in [0.717, 1.165) is 26.8 Å². The van der Waals surface area contributed by atoms with Crippen LogP contribution in [0, 0.1) is 0 Å². The van der Waals surface area contributed by atoms with E-state index in [1.807, 2.05) is 24.3 Å². The van der Waals surface area contributed by atoms with E-state index in [2.05, 4.69) is 46.9 Å². The van der Waals surface area contributed by atoms with E-state index in [4.69, 9.17) is 10.2 Å². The van der Waals surface area contributed by atoms with Crippen molar-refractivity contribution in [2.45, 2.75) is 19.8 Å². The maximum Gasteiger partial charge on any atom is 0.227 e. The quantitative estimate of drug-likeness (QED) is 0.675. The summed E-state index contributed by atoms with van der Waals surface area (Å²) < 4.78 is 6.80. The molecule has 0 bridgehead atoms. The monoisotopic (exact) mass is 330 g/mol. The molecule has 0 amide bonds. The molecule has 0 aliphatic rings. The topological polar surface area (TPSA) is 52.0 Å². The van der Waals surface area contributed by atoms with Crippen LogP contribution in [0.2, 0.25) is 0 Å². The van der Waals surface area contributed by atoms with Crippen LogP contribution >= 0.6 is 15.9 Å². The molecule has 2 N–H and O–H groups in total. The second kappa shape index (κ2) is 4.94. The standard InChI is InChI=1S/C16H15BrN2O/c1-9(2)11-7-13(17)15-14(8-11)19-16(20-15)10-3-5-12(18)6-4-10/h3-9H,18H2,1-2H3. The van der Waals surface area contributed by atoms with Gasteiger partial charge >= 0.3 is 0 Å². The molecule has 3 nitrogen and oxygen atoms in total. The SMILES string of the molecule is CC(C)c1cc(Br)c2oc(-c3ccc(N)cc3)nc2c1. The minimum atomic E-state index is 0.451. The van der Waals surface area contributed by atoms with Crippen molar-refractivity contribution in [3.05, 3.63) is 46.4 Å².